The summed E-state index contributed by atoms with van der Waals surface area (Å²) >= 11 is 1.84. The van der Waals surface area contributed by atoms with Gasteiger partial charge in [0.25, 0.3) is 0 Å². The molecule has 17 heavy (non-hydrogen) atoms. The van der Waals surface area contributed by atoms with Crippen molar-refractivity contribution < 1.29 is 5.21 Å². The summed E-state index contributed by atoms with van der Waals surface area (Å²) in [5.74, 6) is 0. The van der Waals surface area contributed by atoms with Crippen molar-refractivity contribution in [3.63, 3.8) is 0 Å². The minimum Gasteiger partial charge on any atom is -0.411 e. The number of hydrogen-bond donors (Lipinski definition) is 1. The van der Waals surface area contributed by atoms with E-state index in [1.54, 1.807) is 0 Å². The Morgan fingerprint density at radius 3 is 2.71 bits per heavy atom. The number of thiophene rings is 1. The van der Waals surface area contributed by atoms with Crippen LogP contribution in [-0.2, 0) is 6.54 Å². The second-order valence-corrected chi connectivity index (χ2v) is 6.10. The second kappa shape index (κ2) is 4.78. The van der Waals surface area contributed by atoms with E-state index in [1.807, 2.05) is 11.3 Å². The lowest BCUT2D eigenvalue weighted by Crippen LogP contribution is -2.51. The van der Waals surface area contributed by atoms with Crippen LogP contribution in [0.5, 0.6) is 0 Å². The molecule has 1 aromatic heterocycles. The Morgan fingerprint density at radius 2 is 2.12 bits per heavy atom. The van der Waals surface area contributed by atoms with Gasteiger partial charge in [-0.05, 0) is 24.3 Å². The topological polar surface area (TPSA) is 35.8 Å². The molecule has 2 aliphatic rings. The van der Waals surface area contributed by atoms with Gasteiger partial charge in [-0.1, -0.05) is 17.6 Å². The van der Waals surface area contributed by atoms with Crippen molar-refractivity contribution in [2.75, 3.05) is 0 Å². The molecule has 0 amide bonds. The molecule has 0 saturated carbocycles. The molecule has 3 rings (SSSR count). The molecule has 1 N–H and O–H groups in total. The van der Waals surface area contributed by atoms with Gasteiger partial charge in [0.15, 0.2) is 0 Å². The van der Waals surface area contributed by atoms with Crippen LogP contribution in [0.2, 0.25) is 0 Å². The number of nitrogens with zero attached hydrogens (tertiary/aromatic N) is 2. The van der Waals surface area contributed by atoms with Crippen molar-refractivity contribution in [2.24, 2.45) is 5.16 Å². The zero-order valence-corrected chi connectivity index (χ0v) is 10.7. The number of rotatable bonds is 2. The van der Waals surface area contributed by atoms with Gasteiger partial charge in [-0.3, -0.25) is 4.90 Å². The first-order chi connectivity index (χ1) is 8.36. The summed E-state index contributed by atoms with van der Waals surface area (Å²) in [5.41, 5.74) is 1.00. The highest BCUT2D eigenvalue weighted by Gasteiger charge is 2.36. The first-order valence-corrected chi connectivity index (χ1v) is 7.22. The molecule has 0 aliphatic carbocycles. The normalized spacial score (nSPS) is 29.3. The quantitative estimate of drug-likeness (QED) is 0.646. The van der Waals surface area contributed by atoms with E-state index in [0.29, 0.717) is 12.1 Å². The van der Waals surface area contributed by atoms with Gasteiger partial charge in [-0.25, -0.2) is 0 Å². The molecule has 2 bridgehead atoms. The van der Waals surface area contributed by atoms with E-state index in [2.05, 4.69) is 27.6 Å². The molecule has 2 aliphatic heterocycles. The SMILES string of the molecule is ON=C1C[C@@H]2CCC[C@@H](C1)N2Cc1cccs1. The molecule has 0 aromatic carbocycles. The lowest BCUT2D eigenvalue weighted by atomic mass is 9.83. The fourth-order valence-corrected chi connectivity index (χ4v) is 3.92. The summed E-state index contributed by atoms with van der Waals surface area (Å²) < 4.78 is 0. The monoisotopic (exact) mass is 250 g/mol. The summed E-state index contributed by atoms with van der Waals surface area (Å²) in [6.45, 7) is 1.08. The lowest BCUT2D eigenvalue weighted by molar-refractivity contribution is 0.0679. The molecule has 2 atom stereocenters. The Balaban J connectivity index is 1.76. The van der Waals surface area contributed by atoms with Crippen molar-refractivity contribution in [3.8, 4) is 0 Å². The van der Waals surface area contributed by atoms with Crippen molar-refractivity contribution in [3.05, 3.63) is 22.4 Å². The van der Waals surface area contributed by atoms with Gasteiger partial charge in [0.2, 0.25) is 0 Å². The van der Waals surface area contributed by atoms with E-state index >= 15 is 0 Å². The Hall–Kier alpha value is -0.870. The van der Waals surface area contributed by atoms with E-state index in [-0.39, 0.29) is 0 Å². The minimum atomic E-state index is 0.593. The van der Waals surface area contributed by atoms with Crippen molar-refractivity contribution in [1.82, 2.24) is 4.90 Å². The Kier molecular flexibility index (Phi) is 3.16. The van der Waals surface area contributed by atoms with Gasteiger partial charge in [0.1, 0.15) is 0 Å². The van der Waals surface area contributed by atoms with E-state index in [0.717, 1.165) is 25.1 Å². The smallest absolute Gasteiger partial charge is 0.0601 e. The highest BCUT2D eigenvalue weighted by atomic mass is 32.1. The Bertz CT molecular complexity index is 386. The molecule has 92 valence electrons. The van der Waals surface area contributed by atoms with Gasteiger partial charge in [-0.15, -0.1) is 11.3 Å². The van der Waals surface area contributed by atoms with Crippen LogP contribution in [-0.4, -0.2) is 27.9 Å². The first kappa shape index (κ1) is 11.2. The van der Waals surface area contributed by atoms with Crippen LogP contribution < -0.4 is 0 Å². The van der Waals surface area contributed by atoms with Crippen LogP contribution in [0.1, 0.15) is 37.0 Å². The number of hydrogen-bond acceptors (Lipinski definition) is 4. The predicted octanol–water partition coefficient (Wildman–Crippen LogP) is 3.10. The third-order valence-electron chi connectivity index (χ3n) is 4.02. The Morgan fingerprint density at radius 1 is 1.35 bits per heavy atom. The van der Waals surface area contributed by atoms with Gasteiger partial charge in [0, 0.05) is 36.3 Å². The van der Waals surface area contributed by atoms with Crippen molar-refractivity contribution >= 4 is 17.0 Å². The fourth-order valence-electron chi connectivity index (χ4n) is 3.21. The van der Waals surface area contributed by atoms with E-state index in [1.165, 1.54) is 24.1 Å². The second-order valence-electron chi connectivity index (χ2n) is 5.06. The van der Waals surface area contributed by atoms with Crippen LogP contribution in [0.15, 0.2) is 22.7 Å². The predicted molar refractivity (Wildman–Crippen MR) is 69.7 cm³/mol. The van der Waals surface area contributed by atoms with Crippen LogP contribution in [0.4, 0.5) is 0 Å². The fraction of sp³-hybridized carbons (Fsp3) is 0.615. The molecular weight excluding hydrogens is 232 g/mol. The van der Waals surface area contributed by atoms with E-state index < -0.39 is 0 Å². The molecule has 2 saturated heterocycles. The van der Waals surface area contributed by atoms with E-state index in [9.17, 15) is 0 Å². The summed E-state index contributed by atoms with van der Waals surface area (Å²) in [6.07, 6.45) is 5.74. The number of piperidine rings is 2. The average Bonchev–Trinajstić information content (AvgIpc) is 2.81. The summed E-state index contributed by atoms with van der Waals surface area (Å²) in [6, 6.07) is 5.53. The van der Waals surface area contributed by atoms with Crippen molar-refractivity contribution in [1.29, 1.82) is 0 Å². The lowest BCUT2D eigenvalue weighted by Gasteiger charge is -2.46. The zero-order valence-electron chi connectivity index (χ0n) is 9.88. The van der Waals surface area contributed by atoms with Crippen LogP contribution in [0, 0.1) is 0 Å². The molecule has 3 nitrogen and oxygen atoms in total. The van der Waals surface area contributed by atoms with Crippen LogP contribution in [0.3, 0.4) is 0 Å². The Labute approximate surface area is 106 Å². The molecule has 3 heterocycles. The van der Waals surface area contributed by atoms with Gasteiger partial charge in [0.05, 0.1) is 5.71 Å². The van der Waals surface area contributed by atoms with Crippen molar-refractivity contribution in [2.45, 2.75) is 50.7 Å². The average molecular weight is 250 g/mol. The third-order valence-corrected chi connectivity index (χ3v) is 4.88. The zero-order chi connectivity index (χ0) is 11.7. The molecule has 4 heteroatoms. The highest BCUT2D eigenvalue weighted by Crippen LogP contribution is 2.34. The maximum atomic E-state index is 8.96. The minimum absolute atomic E-state index is 0.593. The summed E-state index contributed by atoms with van der Waals surface area (Å²) in [5, 5.41) is 14.6. The van der Waals surface area contributed by atoms with Gasteiger partial charge in [-0.2, -0.15) is 0 Å². The van der Waals surface area contributed by atoms with Gasteiger partial charge >= 0.3 is 0 Å². The summed E-state index contributed by atoms with van der Waals surface area (Å²) in [4.78, 5) is 4.08. The standard InChI is InChI=1S/C13H18N2OS/c16-14-10-7-11-3-1-4-12(8-10)15(11)9-13-5-2-6-17-13/h2,5-6,11-12,16H,1,3-4,7-9H2/t11-,12-/m0/s1. The summed E-state index contributed by atoms with van der Waals surface area (Å²) in [7, 11) is 0. The maximum absolute atomic E-state index is 8.96. The molecule has 0 unspecified atom stereocenters. The van der Waals surface area contributed by atoms with Crippen LogP contribution in [0.25, 0.3) is 0 Å². The number of oxime groups is 1. The molecule has 1 aromatic rings. The molecule has 0 radical (unpaired) electrons. The van der Waals surface area contributed by atoms with Gasteiger partial charge < -0.3 is 5.21 Å². The number of fused-ring (bicyclic) bond motifs is 2. The van der Waals surface area contributed by atoms with Crippen LogP contribution >= 0.6 is 11.3 Å². The first-order valence-electron chi connectivity index (χ1n) is 6.35. The molecule has 0 spiro atoms. The largest absolute Gasteiger partial charge is 0.411 e. The molecular formula is C13H18N2OS. The maximum Gasteiger partial charge on any atom is 0.0601 e. The highest BCUT2D eigenvalue weighted by molar-refractivity contribution is 7.09. The van der Waals surface area contributed by atoms with E-state index in [4.69, 9.17) is 5.21 Å². The molecule has 2 fully saturated rings. The third kappa shape index (κ3) is 2.24.